The Morgan fingerprint density at radius 1 is 1.31 bits per heavy atom. The molecule has 3 nitrogen and oxygen atoms in total. The van der Waals surface area contributed by atoms with Gasteiger partial charge in [-0.05, 0) is 13.8 Å². The maximum absolute atomic E-state index is 11.0. The van der Waals surface area contributed by atoms with E-state index in [1.54, 1.807) is 6.92 Å². The predicted octanol–water partition coefficient (Wildman–Crippen LogP) is 1.70. The third-order valence-electron chi connectivity index (χ3n) is 1.19. The van der Waals surface area contributed by atoms with Crippen molar-refractivity contribution in [2.75, 3.05) is 19.8 Å². The Balaban J connectivity index is 3.62. The summed E-state index contributed by atoms with van der Waals surface area (Å²) in [5, 5.41) is 0. The van der Waals surface area contributed by atoms with Crippen LogP contribution in [0.15, 0.2) is 24.3 Å². The lowest BCUT2D eigenvalue weighted by Gasteiger charge is -2.05. The molecule has 0 aromatic rings. The topological polar surface area (TPSA) is 35.5 Å². The predicted molar refractivity (Wildman–Crippen MR) is 51.4 cm³/mol. The van der Waals surface area contributed by atoms with Gasteiger partial charge in [-0.15, -0.1) is 0 Å². The summed E-state index contributed by atoms with van der Waals surface area (Å²) < 4.78 is 9.84. The standard InChI is InChI=1S/C10H16O3/c1-5-13-10(11)9(4)7-12-6-8(2)3/h2,4-7H2,1,3H3. The fourth-order valence-corrected chi connectivity index (χ4v) is 0.641. The van der Waals surface area contributed by atoms with E-state index < -0.39 is 5.97 Å². The molecule has 13 heavy (non-hydrogen) atoms. The lowest BCUT2D eigenvalue weighted by atomic mass is 10.3. The molecule has 74 valence electrons. The lowest BCUT2D eigenvalue weighted by molar-refractivity contribution is -0.139. The molecular weight excluding hydrogens is 168 g/mol. The second-order valence-corrected chi connectivity index (χ2v) is 2.77. The molecule has 0 aliphatic heterocycles. The van der Waals surface area contributed by atoms with Crippen molar-refractivity contribution in [3.05, 3.63) is 24.3 Å². The van der Waals surface area contributed by atoms with Gasteiger partial charge in [0.05, 0.1) is 25.4 Å². The third-order valence-corrected chi connectivity index (χ3v) is 1.19. The Morgan fingerprint density at radius 3 is 2.38 bits per heavy atom. The Bertz CT molecular complexity index is 206. The van der Waals surface area contributed by atoms with E-state index in [0.29, 0.717) is 18.8 Å². The Hall–Kier alpha value is -1.09. The van der Waals surface area contributed by atoms with E-state index in [1.807, 2.05) is 6.92 Å². The van der Waals surface area contributed by atoms with Crippen LogP contribution >= 0.6 is 0 Å². The van der Waals surface area contributed by atoms with E-state index in [-0.39, 0.29) is 6.61 Å². The molecule has 0 unspecified atom stereocenters. The molecule has 3 heteroatoms. The van der Waals surface area contributed by atoms with Crippen molar-refractivity contribution in [3.63, 3.8) is 0 Å². The van der Waals surface area contributed by atoms with Gasteiger partial charge in [0.2, 0.25) is 0 Å². The van der Waals surface area contributed by atoms with Crippen LogP contribution in [0.3, 0.4) is 0 Å². The molecule has 0 N–H and O–H groups in total. The van der Waals surface area contributed by atoms with Gasteiger partial charge in [-0.2, -0.15) is 0 Å². The molecule has 0 aliphatic rings. The second-order valence-electron chi connectivity index (χ2n) is 2.77. The first-order chi connectivity index (χ1) is 6.07. The minimum absolute atomic E-state index is 0.200. The largest absolute Gasteiger partial charge is 0.463 e. The van der Waals surface area contributed by atoms with Crippen LogP contribution in [0.25, 0.3) is 0 Å². The maximum Gasteiger partial charge on any atom is 0.335 e. The minimum atomic E-state index is -0.399. The molecule has 0 atom stereocenters. The number of ether oxygens (including phenoxy) is 2. The Morgan fingerprint density at radius 2 is 1.92 bits per heavy atom. The quantitative estimate of drug-likeness (QED) is 0.358. The average Bonchev–Trinajstić information content (AvgIpc) is 2.04. The fourth-order valence-electron chi connectivity index (χ4n) is 0.641. The molecule has 0 rings (SSSR count). The van der Waals surface area contributed by atoms with Gasteiger partial charge in [0.1, 0.15) is 0 Å². The summed E-state index contributed by atoms with van der Waals surface area (Å²) in [6.07, 6.45) is 0. The number of carbonyl (C=O) groups is 1. The van der Waals surface area contributed by atoms with Crippen LogP contribution in [-0.2, 0) is 14.3 Å². The van der Waals surface area contributed by atoms with Gasteiger partial charge in [0.25, 0.3) is 0 Å². The van der Waals surface area contributed by atoms with E-state index in [9.17, 15) is 4.79 Å². The molecule has 0 heterocycles. The highest BCUT2D eigenvalue weighted by Gasteiger charge is 2.06. The third kappa shape index (κ3) is 6.11. The zero-order valence-corrected chi connectivity index (χ0v) is 8.26. The normalized spacial score (nSPS) is 9.38. The summed E-state index contributed by atoms with van der Waals surface area (Å²) >= 11 is 0. The van der Waals surface area contributed by atoms with Crippen molar-refractivity contribution in [1.82, 2.24) is 0 Å². The van der Waals surface area contributed by atoms with E-state index in [2.05, 4.69) is 13.2 Å². The number of esters is 1. The van der Waals surface area contributed by atoms with Crippen molar-refractivity contribution in [3.8, 4) is 0 Å². The van der Waals surface area contributed by atoms with Crippen molar-refractivity contribution in [2.24, 2.45) is 0 Å². The van der Waals surface area contributed by atoms with Gasteiger partial charge in [0, 0.05) is 0 Å². The summed E-state index contributed by atoms with van der Waals surface area (Å²) in [6, 6.07) is 0. The minimum Gasteiger partial charge on any atom is -0.463 e. The van der Waals surface area contributed by atoms with E-state index >= 15 is 0 Å². The van der Waals surface area contributed by atoms with Gasteiger partial charge < -0.3 is 9.47 Å². The van der Waals surface area contributed by atoms with E-state index in [0.717, 1.165) is 5.57 Å². The summed E-state index contributed by atoms with van der Waals surface area (Å²) in [5.41, 5.74) is 1.25. The zero-order chi connectivity index (χ0) is 10.3. The maximum atomic E-state index is 11.0. The molecule has 0 aromatic heterocycles. The smallest absolute Gasteiger partial charge is 0.335 e. The highest BCUT2D eigenvalue weighted by atomic mass is 16.5. The summed E-state index contributed by atoms with van der Waals surface area (Å²) in [7, 11) is 0. The zero-order valence-electron chi connectivity index (χ0n) is 8.26. The molecular formula is C10H16O3. The van der Waals surface area contributed by atoms with Crippen molar-refractivity contribution < 1.29 is 14.3 Å². The van der Waals surface area contributed by atoms with Crippen LogP contribution in [0.4, 0.5) is 0 Å². The second kappa shape index (κ2) is 6.43. The number of rotatable bonds is 6. The van der Waals surface area contributed by atoms with Gasteiger partial charge in [-0.3, -0.25) is 0 Å². The van der Waals surface area contributed by atoms with Crippen LogP contribution in [0, 0.1) is 0 Å². The molecule has 0 aliphatic carbocycles. The molecule has 0 saturated heterocycles. The van der Waals surface area contributed by atoms with Gasteiger partial charge in [-0.1, -0.05) is 18.7 Å². The molecule has 0 radical (unpaired) electrons. The molecule has 0 fully saturated rings. The summed E-state index contributed by atoms with van der Waals surface area (Å²) in [6.45, 7) is 11.8. The van der Waals surface area contributed by atoms with Crippen LogP contribution in [0.5, 0.6) is 0 Å². The fraction of sp³-hybridized carbons (Fsp3) is 0.500. The Labute approximate surface area is 79.0 Å². The Kier molecular flexibility index (Phi) is 5.89. The highest BCUT2D eigenvalue weighted by Crippen LogP contribution is 1.97. The van der Waals surface area contributed by atoms with E-state index in [1.165, 1.54) is 0 Å². The lowest BCUT2D eigenvalue weighted by Crippen LogP contribution is -2.12. The highest BCUT2D eigenvalue weighted by molar-refractivity contribution is 5.87. The first-order valence-corrected chi connectivity index (χ1v) is 4.15. The molecule has 0 amide bonds. The van der Waals surface area contributed by atoms with Crippen LogP contribution in [0.2, 0.25) is 0 Å². The van der Waals surface area contributed by atoms with Crippen LogP contribution in [0.1, 0.15) is 13.8 Å². The van der Waals surface area contributed by atoms with E-state index in [4.69, 9.17) is 9.47 Å². The monoisotopic (exact) mass is 184 g/mol. The van der Waals surface area contributed by atoms with Crippen molar-refractivity contribution >= 4 is 5.97 Å². The van der Waals surface area contributed by atoms with Gasteiger partial charge in [0.15, 0.2) is 0 Å². The average molecular weight is 184 g/mol. The van der Waals surface area contributed by atoms with Gasteiger partial charge in [-0.25, -0.2) is 4.79 Å². The SMILES string of the molecule is C=C(C)COCC(=C)C(=O)OCC. The van der Waals surface area contributed by atoms with Crippen molar-refractivity contribution in [2.45, 2.75) is 13.8 Å². The summed E-state index contributed by atoms with van der Waals surface area (Å²) in [5.74, 6) is -0.399. The first-order valence-electron chi connectivity index (χ1n) is 4.15. The van der Waals surface area contributed by atoms with Crippen LogP contribution in [-0.4, -0.2) is 25.8 Å². The van der Waals surface area contributed by atoms with Crippen molar-refractivity contribution in [1.29, 1.82) is 0 Å². The number of hydrogen-bond acceptors (Lipinski definition) is 3. The van der Waals surface area contributed by atoms with Gasteiger partial charge >= 0.3 is 5.97 Å². The first kappa shape index (κ1) is 11.9. The van der Waals surface area contributed by atoms with Crippen LogP contribution < -0.4 is 0 Å². The molecule has 0 bridgehead atoms. The molecule has 0 aromatic carbocycles. The molecule has 0 saturated carbocycles. The number of carbonyl (C=O) groups excluding carboxylic acids is 1. The molecule has 0 spiro atoms. The number of hydrogen-bond donors (Lipinski definition) is 0. The summed E-state index contributed by atoms with van der Waals surface area (Å²) in [4.78, 5) is 11.0.